The molecule has 0 saturated carbocycles. The fraction of sp³-hybridized carbons (Fsp3) is 0.344. The van der Waals surface area contributed by atoms with Crippen molar-refractivity contribution in [1.82, 2.24) is 24.7 Å². The summed E-state index contributed by atoms with van der Waals surface area (Å²) in [4.78, 5) is 14.8. The van der Waals surface area contributed by atoms with Crippen LogP contribution in [0.1, 0.15) is 51.3 Å². The smallest absolute Gasteiger partial charge is 0.370 e. The van der Waals surface area contributed by atoms with E-state index in [1.807, 2.05) is 20.8 Å². The number of piperidine rings is 1. The Hall–Kier alpha value is -3.94. The number of anilines is 1. The molecule has 0 atom stereocenters. The Morgan fingerprint density at radius 1 is 0.935 bits per heavy atom. The first-order chi connectivity index (χ1) is 21.6. The van der Waals surface area contributed by atoms with Crippen molar-refractivity contribution in [3.8, 4) is 22.8 Å². The number of pyridine rings is 1. The zero-order valence-electron chi connectivity index (χ0n) is 25.7. The van der Waals surface area contributed by atoms with Crippen molar-refractivity contribution in [3.05, 3.63) is 76.9 Å². The molecule has 0 aliphatic carbocycles. The summed E-state index contributed by atoms with van der Waals surface area (Å²) in [6, 6.07) is 14.7. The largest absolute Gasteiger partial charge is 0.417 e. The maximum Gasteiger partial charge on any atom is 0.417 e. The van der Waals surface area contributed by atoms with Crippen LogP contribution in [-0.4, -0.2) is 50.8 Å². The molecular formula is C32H34ClF3N6O3S. The van der Waals surface area contributed by atoms with Crippen molar-refractivity contribution in [2.24, 2.45) is 7.05 Å². The number of hydrogen-bond donors (Lipinski definition) is 2. The number of H-pyrrole nitrogens is 1. The van der Waals surface area contributed by atoms with Gasteiger partial charge in [0.2, 0.25) is 0 Å². The fourth-order valence-corrected chi connectivity index (χ4v) is 6.42. The molecule has 5 aromatic rings. The Labute approximate surface area is 270 Å². The Bertz CT molecular complexity index is 1960. The summed E-state index contributed by atoms with van der Waals surface area (Å²) in [5, 5.41) is 5.10. The van der Waals surface area contributed by atoms with Crippen LogP contribution in [0, 0.1) is 0 Å². The number of hydrogen-bond acceptors (Lipinski definition) is 6. The molecule has 3 aromatic heterocycles. The van der Waals surface area contributed by atoms with Crippen LogP contribution in [0.5, 0.6) is 0 Å². The third-order valence-corrected chi connectivity index (χ3v) is 8.84. The summed E-state index contributed by atoms with van der Waals surface area (Å²) < 4.78 is 72.4. The number of aryl methyl sites for hydroxylation is 1. The van der Waals surface area contributed by atoms with E-state index in [9.17, 15) is 21.6 Å². The molecule has 1 saturated heterocycles. The van der Waals surface area contributed by atoms with Gasteiger partial charge in [0.25, 0.3) is 10.1 Å². The van der Waals surface area contributed by atoms with Crippen molar-refractivity contribution >= 4 is 38.6 Å². The number of nitrogens with one attached hydrogen (secondary N) is 1. The Morgan fingerprint density at radius 3 is 2.13 bits per heavy atom. The van der Waals surface area contributed by atoms with Crippen LogP contribution in [0.4, 0.5) is 18.9 Å². The molecule has 0 bridgehead atoms. The van der Waals surface area contributed by atoms with Gasteiger partial charge in [0.15, 0.2) is 11.5 Å². The van der Waals surface area contributed by atoms with Gasteiger partial charge in [0.05, 0.1) is 32.6 Å². The van der Waals surface area contributed by atoms with Crippen molar-refractivity contribution in [1.29, 1.82) is 0 Å². The molecule has 2 aromatic carbocycles. The molecule has 0 amide bonds. The maximum atomic E-state index is 13.8. The minimum atomic E-state index is -4.50. The number of rotatable bonds is 4. The van der Waals surface area contributed by atoms with Crippen molar-refractivity contribution in [3.63, 3.8) is 0 Å². The van der Waals surface area contributed by atoms with Crippen LogP contribution in [-0.2, 0) is 28.8 Å². The van der Waals surface area contributed by atoms with Crippen LogP contribution < -0.4 is 4.90 Å². The van der Waals surface area contributed by atoms with Gasteiger partial charge in [-0.15, -0.1) is 0 Å². The number of aromatic nitrogens is 5. The van der Waals surface area contributed by atoms with Gasteiger partial charge in [-0.05, 0) is 43.5 Å². The normalized spacial score (nSPS) is 14.3. The van der Waals surface area contributed by atoms with Gasteiger partial charge in [-0.25, -0.2) is 9.97 Å². The predicted octanol–water partition coefficient (Wildman–Crippen LogP) is 7.92. The summed E-state index contributed by atoms with van der Waals surface area (Å²) in [6.45, 7) is 7.72. The molecule has 14 heteroatoms. The lowest BCUT2D eigenvalue weighted by molar-refractivity contribution is -0.137. The first-order valence-corrected chi connectivity index (χ1v) is 16.5. The van der Waals surface area contributed by atoms with Gasteiger partial charge in [-0.1, -0.05) is 68.8 Å². The molecule has 0 unspecified atom stereocenters. The van der Waals surface area contributed by atoms with Crippen LogP contribution in [0.2, 0.25) is 5.02 Å². The van der Waals surface area contributed by atoms with Gasteiger partial charge in [0, 0.05) is 31.1 Å². The summed E-state index contributed by atoms with van der Waals surface area (Å²) >= 11 is 6.76. The number of halogens is 4. The number of alkyl halides is 3. The Kier molecular flexibility index (Phi) is 9.22. The second-order valence-electron chi connectivity index (χ2n) is 12.1. The van der Waals surface area contributed by atoms with Crippen LogP contribution in [0.3, 0.4) is 0 Å². The molecule has 0 spiro atoms. The molecule has 1 fully saturated rings. The first-order valence-electron chi connectivity index (χ1n) is 14.6. The first kappa shape index (κ1) is 33.4. The summed E-state index contributed by atoms with van der Waals surface area (Å²) in [5.41, 5.74) is 2.44. The van der Waals surface area contributed by atoms with E-state index < -0.39 is 21.9 Å². The second-order valence-corrected chi connectivity index (χ2v) is 13.9. The molecule has 244 valence electrons. The van der Waals surface area contributed by atoms with E-state index in [1.165, 1.54) is 24.3 Å². The molecule has 9 nitrogen and oxygen atoms in total. The second kappa shape index (κ2) is 12.7. The van der Waals surface area contributed by atoms with Crippen molar-refractivity contribution in [2.75, 3.05) is 18.0 Å². The lowest BCUT2D eigenvalue weighted by atomic mass is 9.92. The van der Waals surface area contributed by atoms with E-state index in [1.54, 1.807) is 42.1 Å². The molecule has 1 aliphatic rings. The van der Waals surface area contributed by atoms with E-state index in [2.05, 4.69) is 20.0 Å². The van der Waals surface area contributed by atoms with Crippen molar-refractivity contribution in [2.45, 2.75) is 56.5 Å². The minimum Gasteiger partial charge on any atom is -0.370 e. The monoisotopic (exact) mass is 674 g/mol. The highest BCUT2D eigenvalue weighted by Gasteiger charge is 2.34. The molecule has 1 aliphatic heterocycles. The number of fused-ring (bicyclic) bond motifs is 1. The van der Waals surface area contributed by atoms with E-state index in [0.717, 1.165) is 49.8 Å². The zero-order chi connectivity index (χ0) is 33.4. The average molecular weight is 675 g/mol. The number of benzene rings is 2. The molecule has 6 rings (SSSR count). The highest BCUT2D eigenvalue weighted by molar-refractivity contribution is 7.85. The predicted molar refractivity (Wildman–Crippen MR) is 173 cm³/mol. The summed E-state index contributed by atoms with van der Waals surface area (Å²) in [6.07, 6.45) is -1.34. The highest BCUT2D eigenvalue weighted by Crippen LogP contribution is 2.40. The lowest BCUT2D eigenvalue weighted by Gasteiger charge is -2.29. The van der Waals surface area contributed by atoms with E-state index in [4.69, 9.17) is 21.1 Å². The molecule has 4 heterocycles. The van der Waals surface area contributed by atoms with E-state index in [-0.39, 0.29) is 21.6 Å². The maximum absolute atomic E-state index is 13.8. The van der Waals surface area contributed by atoms with Crippen LogP contribution >= 0.6 is 11.6 Å². The summed E-state index contributed by atoms with van der Waals surface area (Å²) in [5.74, 6) is 0.479. The molecule has 2 N–H and O–H groups in total. The van der Waals surface area contributed by atoms with Crippen LogP contribution in [0.15, 0.2) is 65.6 Å². The standard InChI is InChI=1S/C26H28ClF3N6.C6H6O3S/c1-25(2,3)22-19(27)21(35(4)34-22)24-32-20-18(36-12-8-5-9-13-36)14-17(31-23(20)33-24)15-10-6-7-11-16(15)26(28,29)30;7-10(8,9)6-4-2-1-3-5-6/h6-7,10-11,14H,5,8-9,12-13H2,1-4H3,(H,31,32,33);1-5H,(H,7,8,9). The average Bonchev–Trinajstić information content (AvgIpc) is 3.56. The van der Waals surface area contributed by atoms with Crippen molar-refractivity contribution < 1.29 is 26.1 Å². The SMILES string of the molecule is Cn1nc(C(C)(C)C)c(Cl)c1-c1nc2nc(-c3ccccc3C(F)(F)F)cc(N3CCCCC3)c2[nH]1.O=S(=O)(O)c1ccccc1. The Morgan fingerprint density at radius 2 is 1.57 bits per heavy atom. The minimum absolute atomic E-state index is 0.0308. The quantitative estimate of drug-likeness (QED) is 0.186. The number of imidazole rings is 1. The highest BCUT2D eigenvalue weighted by atomic mass is 35.5. The van der Waals surface area contributed by atoms with E-state index in [0.29, 0.717) is 27.7 Å². The molecular weight excluding hydrogens is 641 g/mol. The van der Waals surface area contributed by atoms with E-state index >= 15 is 0 Å². The van der Waals surface area contributed by atoms with Gasteiger partial charge < -0.3 is 9.88 Å². The summed E-state index contributed by atoms with van der Waals surface area (Å²) in [7, 11) is -2.20. The number of nitrogens with zero attached hydrogens (tertiary/aromatic N) is 5. The number of aromatic amines is 1. The van der Waals surface area contributed by atoms with Gasteiger partial charge in [0.1, 0.15) is 11.2 Å². The third-order valence-electron chi connectivity index (χ3n) is 7.61. The lowest BCUT2D eigenvalue weighted by Crippen LogP contribution is -2.29. The molecule has 0 radical (unpaired) electrons. The topological polar surface area (TPSA) is 117 Å². The zero-order valence-corrected chi connectivity index (χ0v) is 27.3. The Balaban J connectivity index is 0.000000356. The third kappa shape index (κ3) is 7.06. The molecule has 46 heavy (non-hydrogen) atoms. The van der Waals surface area contributed by atoms with Gasteiger partial charge in [-0.3, -0.25) is 9.23 Å². The van der Waals surface area contributed by atoms with Gasteiger partial charge >= 0.3 is 6.18 Å². The van der Waals surface area contributed by atoms with Crippen LogP contribution in [0.25, 0.3) is 33.9 Å². The van der Waals surface area contributed by atoms with Gasteiger partial charge in [-0.2, -0.15) is 26.7 Å². The fourth-order valence-electron chi connectivity index (χ4n) is 5.39.